The van der Waals surface area contributed by atoms with Crippen LogP contribution >= 0.6 is 0 Å². The van der Waals surface area contributed by atoms with Crippen molar-refractivity contribution in [2.24, 2.45) is 0 Å². The summed E-state index contributed by atoms with van der Waals surface area (Å²) in [6.45, 7) is 16.6. The third-order valence-corrected chi connectivity index (χ3v) is 11.1. The van der Waals surface area contributed by atoms with Gasteiger partial charge in [0.2, 0.25) is 8.32 Å². The molecule has 0 atom stereocenters. The normalized spacial score (nSPS) is 12.6. The highest BCUT2D eigenvalue weighted by molar-refractivity contribution is 6.91. The van der Waals surface area contributed by atoms with Gasteiger partial charge >= 0.3 is 0 Å². The van der Waals surface area contributed by atoms with Crippen molar-refractivity contribution in [3.8, 4) is 0 Å². The van der Waals surface area contributed by atoms with Crippen LogP contribution in [0.15, 0.2) is 24.6 Å². The average molecular weight is 214 g/mol. The molecular formula is C10H22OSi2. The Bertz CT molecular complexity index is 177. The van der Waals surface area contributed by atoms with E-state index in [2.05, 4.69) is 40.1 Å². The van der Waals surface area contributed by atoms with E-state index in [0.717, 1.165) is 0 Å². The minimum Gasteiger partial charge on any atom is -0.449 e. The fourth-order valence-electron chi connectivity index (χ4n) is 1.09. The molecule has 0 spiro atoms. The summed E-state index contributed by atoms with van der Waals surface area (Å²) in [5, 5.41) is 0. The van der Waals surface area contributed by atoms with Gasteiger partial charge in [0.25, 0.3) is 0 Å². The van der Waals surface area contributed by atoms with Crippen LogP contribution in [0, 0.1) is 0 Å². The molecule has 0 bridgehead atoms. The van der Waals surface area contributed by atoms with Crippen molar-refractivity contribution in [1.29, 1.82) is 0 Å². The minimum absolute atomic E-state index is 1.17. The Labute approximate surface area is 84.8 Å². The average Bonchev–Trinajstić information content (AvgIpc) is 2.17. The summed E-state index contributed by atoms with van der Waals surface area (Å²) >= 11 is 0. The highest BCUT2D eigenvalue weighted by Crippen LogP contribution is 2.22. The molecule has 0 radical (unpaired) electrons. The molecule has 76 valence electrons. The van der Waals surface area contributed by atoms with E-state index in [1.54, 1.807) is 0 Å². The van der Waals surface area contributed by atoms with E-state index in [9.17, 15) is 0 Å². The zero-order valence-corrected chi connectivity index (χ0v) is 11.4. The van der Waals surface area contributed by atoms with Crippen molar-refractivity contribution < 1.29 is 4.12 Å². The first-order valence-corrected chi connectivity index (χ1v) is 10.3. The summed E-state index contributed by atoms with van der Waals surface area (Å²) in [7, 11) is -3.24. The molecule has 0 saturated heterocycles. The number of rotatable bonds is 6. The lowest BCUT2D eigenvalue weighted by molar-refractivity contribution is 0.552. The molecule has 0 aromatic heterocycles. The van der Waals surface area contributed by atoms with Crippen LogP contribution < -0.4 is 0 Å². The van der Waals surface area contributed by atoms with Gasteiger partial charge in [-0.2, -0.15) is 0 Å². The van der Waals surface area contributed by atoms with E-state index in [1.165, 1.54) is 12.1 Å². The predicted octanol–water partition coefficient (Wildman–Crippen LogP) is 3.64. The zero-order valence-electron chi connectivity index (χ0n) is 9.39. The summed E-state index contributed by atoms with van der Waals surface area (Å²) in [5.41, 5.74) is 3.94. The fraction of sp³-hybridized carbons (Fsp3) is 0.600. The second-order valence-electron chi connectivity index (χ2n) is 3.85. The van der Waals surface area contributed by atoms with Crippen LogP contribution in [-0.4, -0.2) is 16.6 Å². The highest BCUT2D eigenvalue weighted by atomic mass is 28.4. The molecule has 13 heavy (non-hydrogen) atoms. The van der Waals surface area contributed by atoms with Gasteiger partial charge in [-0.15, -0.1) is 13.2 Å². The molecule has 0 N–H and O–H groups in total. The molecule has 0 unspecified atom stereocenters. The predicted molar refractivity (Wildman–Crippen MR) is 65.7 cm³/mol. The van der Waals surface area contributed by atoms with E-state index < -0.39 is 16.6 Å². The highest BCUT2D eigenvalue weighted by Gasteiger charge is 2.33. The maximum Gasteiger partial charge on any atom is 0.226 e. The Morgan fingerprint density at radius 1 is 1.08 bits per heavy atom. The van der Waals surface area contributed by atoms with Gasteiger partial charge in [-0.25, -0.2) is 0 Å². The molecule has 3 heteroatoms. The summed E-state index contributed by atoms with van der Waals surface area (Å²) in [6, 6.07) is 2.35. The van der Waals surface area contributed by atoms with E-state index in [4.69, 9.17) is 4.12 Å². The largest absolute Gasteiger partial charge is 0.449 e. The van der Waals surface area contributed by atoms with Crippen LogP contribution in [-0.2, 0) is 4.12 Å². The standard InChI is InChI=1S/C10H22OSi2/c1-7-12(5,8-2)11-13(6,9-3)10-4/h7-8H,1-2,9-10H2,3-6H3. The second kappa shape index (κ2) is 4.93. The molecule has 0 aliphatic rings. The molecule has 0 rings (SSSR count). The molecule has 0 aliphatic carbocycles. The Morgan fingerprint density at radius 2 is 1.46 bits per heavy atom. The summed E-state index contributed by atoms with van der Waals surface area (Å²) in [6.07, 6.45) is 0. The maximum atomic E-state index is 6.26. The lowest BCUT2D eigenvalue weighted by Crippen LogP contribution is -2.45. The second-order valence-corrected chi connectivity index (χ2v) is 12.2. The van der Waals surface area contributed by atoms with Crippen LogP contribution in [0.5, 0.6) is 0 Å². The Morgan fingerprint density at radius 3 is 1.69 bits per heavy atom. The maximum absolute atomic E-state index is 6.26. The summed E-state index contributed by atoms with van der Waals surface area (Å²) in [4.78, 5) is 0. The topological polar surface area (TPSA) is 9.23 Å². The monoisotopic (exact) mass is 214 g/mol. The minimum atomic E-state index is -1.79. The molecule has 0 fully saturated rings. The van der Waals surface area contributed by atoms with Gasteiger partial charge < -0.3 is 4.12 Å². The number of hydrogen-bond acceptors (Lipinski definition) is 1. The first kappa shape index (κ1) is 12.9. The third-order valence-electron chi connectivity index (χ3n) is 2.77. The van der Waals surface area contributed by atoms with Gasteiger partial charge in [-0.05, 0) is 25.2 Å². The quantitative estimate of drug-likeness (QED) is 0.613. The van der Waals surface area contributed by atoms with Crippen LogP contribution in [0.3, 0.4) is 0 Å². The molecule has 1 nitrogen and oxygen atoms in total. The van der Waals surface area contributed by atoms with Crippen LogP contribution in [0.25, 0.3) is 0 Å². The first-order chi connectivity index (χ1) is 5.95. The Hall–Kier alpha value is -0.126. The SMILES string of the molecule is C=C[Si](C)(C=C)O[Si](C)(CC)CC. The smallest absolute Gasteiger partial charge is 0.226 e. The van der Waals surface area contributed by atoms with Crippen molar-refractivity contribution in [1.82, 2.24) is 0 Å². The molecule has 0 saturated carbocycles. The third kappa shape index (κ3) is 3.62. The summed E-state index contributed by atoms with van der Waals surface area (Å²) < 4.78 is 6.26. The number of hydrogen-bond donors (Lipinski definition) is 0. The van der Waals surface area contributed by atoms with E-state index >= 15 is 0 Å². The van der Waals surface area contributed by atoms with Gasteiger partial charge in [0.1, 0.15) is 0 Å². The molecule has 0 heterocycles. The fourth-order valence-corrected chi connectivity index (χ4v) is 7.83. The molecular weight excluding hydrogens is 192 g/mol. The van der Waals surface area contributed by atoms with Gasteiger partial charge in [0.05, 0.1) is 0 Å². The lowest BCUT2D eigenvalue weighted by Gasteiger charge is -2.33. The van der Waals surface area contributed by atoms with E-state index in [1.807, 2.05) is 11.4 Å². The van der Waals surface area contributed by atoms with Crippen molar-refractivity contribution in [2.45, 2.75) is 39.0 Å². The van der Waals surface area contributed by atoms with Gasteiger partial charge in [0, 0.05) is 0 Å². The molecule has 0 aromatic rings. The van der Waals surface area contributed by atoms with Crippen molar-refractivity contribution >= 4 is 16.6 Å². The van der Waals surface area contributed by atoms with E-state index in [0.29, 0.717) is 0 Å². The van der Waals surface area contributed by atoms with Crippen LogP contribution in [0.2, 0.25) is 25.2 Å². The Balaban J connectivity index is 4.54. The first-order valence-electron chi connectivity index (χ1n) is 4.92. The van der Waals surface area contributed by atoms with E-state index in [-0.39, 0.29) is 0 Å². The molecule has 0 aromatic carbocycles. The van der Waals surface area contributed by atoms with Crippen LogP contribution in [0.1, 0.15) is 13.8 Å². The van der Waals surface area contributed by atoms with Gasteiger partial charge in [-0.1, -0.05) is 25.2 Å². The van der Waals surface area contributed by atoms with Gasteiger partial charge in [-0.3, -0.25) is 0 Å². The summed E-state index contributed by atoms with van der Waals surface area (Å²) in [5.74, 6) is 0. The Kier molecular flexibility index (Phi) is 4.88. The van der Waals surface area contributed by atoms with Crippen molar-refractivity contribution in [3.63, 3.8) is 0 Å². The molecule has 0 amide bonds. The lowest BCUT2D eigenvalue weighted by atomic mass is 10.9. The van der Waals surface area contributed by atoms with Crippen LogP contribution in [0.4, 0.5) is 0 Å². The van der Waals surface area contributed by atoms with Crippen molar-refractivity contribution in [2.75, 3.05) is 0 Å². The van der Waals surface area contributed by atoms with Crippen molar-refractivity contribution in [3.05, 3.63) is 24.6 Å². The zero-order chi connectivity index (χ0) is 10.5. The molecule has 0 aliphatic heterocycles. The van der Waals surface area contributed by atoms with Gasteiger partial charge in [0.15, 0.2) is 8.32 Å².